The van der Waals surface area contributed by atoms with Gasteiger partial charge in [-0.3, -0.25) is 0 Å². The molecule has 0 fully saturated rings. The van der Waals surface area contributed by atoms with E-state index in [-0.39, 0.29) is 5.75 Å². The van der Waals surface area contributed by atoms with Gasteiger partial charge in [-0.25, -0.2) is 0 Å². The molecule has 0 amide bonds. The minimum absolute atomic E-state index is 0.285. The number of furan rings is 1. The van der Waals surface area contributed by atoms with Crippen molar-refractivity contribution in [3.8, 4) is 17.1 Å². The maximum atomic E-state index is 9.25. The van der Waals surface area contributed by atoms with Gasteiger partial charge < -0.3 is 9.52 Å². The highest BCUT2D eigenvalue weighted by atomic mass is 16.3. The van der Waals surface area contributed by atoms with Gasteiger partial charge in [-0.1, -0.05) is 42.5 Å². The summed E-state index contributed by atoms with van der Waals surface area (Å²) in [6.45, 7) is 0. The van der Waals surface area contributed by atoms with Crippen molar-refractivity contribution in [3.05, 3.63) is 78.1 Å². The lowest BCUT2D eigenvalue weighted by Gasteiger charge is -1.99. The monoisotopic (exact) mass is 250 g/mol. The van der Waals surface area contributed by atoms with E-state index >= 15 is 0 Å². The van der Waals surface area contributed by atoms with Gasteiger partial charge >= 0.3 is 0 Å². The van der Waals surface area contributed by atoms with Crippen LogP contribution in [0.15, 0.2) is 71.1 Å². The summed E-state index contributed by atoms with van der Waals surface area (Å²) in [6, 6.07) is 21.2. The van der Waals surface area contributed by atoms with Crippen LogP contribution in [-0.4, -0.2) is 5.11 Å². The lowest BCUT2D eigenvalue weighted by atomic mass is 10.1. The number of aromatic hydroxyl groups is 1. The second-order valence-corrected chi connectivity index (χ2v) is 4.48. The second kappa shape index (κ2) is 5.02. The molecule has 94 valence electrons. The van der Waals surface area contributed by atoms with E-state index in [0.717, 1.165) is 29.1 Å². The van der Waals surface area contributed by atoms with Crippen molar-refractivity contribution in [2.24, 2.45) is 0 Å². The Hall–Kier alpha value is -2.48. The fourth-order valence-electron chi connectivity index (χ4n) is 2.05. The van der Waals surface area contributed by atoms with Crippen molar-refractivity contribution in [1.29, 1.82) is 0 Å². The molecule has 3 aromatic rings. The first-order valence-electron chi connectivity index (χ1n) is 6.23. The minimum atomic E-state index is 0.285. The molecule has 0 saturated carbocycles. The van der Waals surface area contributed by atoms with E-state index in [2.05, 4.69) is 0 Å². The highest BCUT2D eigenvalue weighted by Gasteiger charge is 2.05. The van der Waals surface area contributed by atoms with Crippen molar-refractivity contribution in [2.45, 2.75) is 6.42 Å². The lowest BCUT2D eigenvalue weighted by Crippen LogP contribution is -1.84. The number of phenolic OH excluding ortho intramolecular Hbond substituents is 1. The Morgan fingerprint density at radius 1 is 0.789 bits per heavy atom. The number of hydrogen-bond acceptors (Lipinski definition) is 2. The molecule has 0 aliphatic carbocycles. The molecule has 0 radical (unpaired) electrons. The first-order valence-corrected chi connectivity index (χ1v) is 6.23. The summed E-state index contributed by atoms with van der Waals surface area (Å²) >= 11 is 0. The van der Waals surface area contributed by atoms with E-state index < -0.39 is 0 Å². The van der Waals surface area contributed by atoms with Crippen molar-refractivity contribution in [2.75, 3.05) is 0 Å². The molecule has 1 aromatic heterocycles. The third-order valence-corrected chi connectivity index (χ3v) is 3.03. The van der Waals surface area contributed by atoms with Gasteiger partial charge in [-0.15, -0.1) is 0 Å². The molecule has 2 aromatic carbocycles. The van der Waals surface area contributed by atoms with Crippen LogP contribution in [0.4, 0.5) is 0 Å². The lowest BCUT2D eigenvalue weighted by molar-refractivity contribution is 0.475. The van der Waals surface area contributed by atoms with Crippen LogP contribution < -0.4 is 0 Å². The maximum absolute atomic E-state index is 9.25. The van der Waals surface area contributed by atoms with Crippen LogP contribution in [0.2, 0.25) is 0 Å². The molecule has 19 heavy (non-hydrogen) atoms. The third-order valence-electron chi connectivity index (χ3n) is 3.03. The molecular formula is C17H14O2. The van der Waals surface area contributed by atoms with Gasteiger partial charge in [0.2, 0.25) is 0 Å². The molecule has 2 nitrogen and oxygen atoms in total. The van der Waals surface area contributed by atoms with Crippen LogP contribution in [0.3, 0.4) is 0 Å². The zero-order chi connectivity index (χ0) is 13.1. The molecule has 1 N–H and O–H groups in total. The Morgan fingerprint density at radius 3 is 2.26 bits per heavy atom. The molecule has 0 atom stereocenters. The molecule has 0 bridgehead atoms. The average Bonchev–Trinajstić information content (AvgIpc) is 2.91. The minimum Gasteiger partial charge on any atom is -0.508 e. The van der Waals surface area contributed by atoms with Crippen LogP contribution >= 0.6 is 0 Å². The normalized spacial score (nSPS) is 10.5. The van der Waals surface area contributed by atoms with Crippen LogP contribution in [0.1, 0.15) is 11.3 Å². The van der Waals surface area contributed by atoms with Gasteiger partial charge in [0.1, 0.15) is 17.3 Å². The summed E-state index contributed by atoms with van der Waals surface area (Å²) in [5.74, 6) is 2.09. The van der Waals surface area contributed by atoms with E-state index in [4.69, 9.17) is 4.42 Å². The molecule has 2 heteroatoms. The number of phenols is 1. The van der Waals surface area contributed by atoms with Gasteiger partial charge in [-0.05, 0) is 29.8 Å². The van der Waals surface area contributed by atoms with E-state index in [9.17, 15) is 5.11 Å². The summed E-state index contributed by atoms with van der Waals surface area (Å²) in [5, 5.41) is 9.25. The van der Waals surface area contributed by atoms with Gasteiger partial charge in [0.25, 0.3) is 0 Å². The van der Waals surface area contributed by atoms with Crippen LogP contribution in [0.25, 0.3) is 11.3 Å². The predicted octanol–water partition coefficient (Wildman–Crippen LogP) is 4.24. The van der Waals surface area contributed by atoms with Gasteiger partial charge in [0, 0.05) is 12.0 Å². The fourth-order valence-corrected chi connectivity index (χ4v) is 2.05. The Labute approximate surface area is 111 Å². The summed E-state index contributed by atoms with van der Waals surface area (Å²) in [6.07, 6.45) is 0.729. The van der Waals surface area contributed by atoms with Crippen molar-refractivity contribution in [1.82, 2.24) is 0 Å². The molecule has 0 saturated heterocycles. The average molecular weight is 250 g/mol. The third kappa shape index (κ3) is 2.68. The smallest absolute Gasteiger partial charge is 0.134 e. The van der Waals surface area contributed by atoms with Gasteiger partial charge in [0.15, 0.2) is 0 Å². The zero-order valence-corrected chi connectivity index (χ0v) is 10.4. The van der Waals surface area contributed by atoms with Gasteiger partial charge in [0.05, 0.1) is 0 Å². The summed E-state index contributed by atoms with van der Waals surface area (Å²) in [4.78, 5) is 0. The Kier molecular flexibility index (Phi) is 3.07. The van der Waals surface area contributed by atoms with E-state index in [1.807, 2.05) is 54.6 Å². The van der Waals surface area contributed by atoms with Gasteiger partial charge in [-0.2, -0.15) is 0 Å². The van der Waals surface area contributed by atoms with Crippen molar-refractivity contribution >= 4 is 0 Å². The number of benzene rings is 2. The summed E-state index contributed by atoms with van der Waals surface area (Å²) in [5.41, 5.74) is 2.20. The molecule has 0 spiro atoms. The number of hydrogen-bond donors (Lipinski definition) is 1. The quantitative estimate of drug-likeness (QED) is 0.754. The first-order chi connectivity index (χ1) is 9.31. The Balaban J connectivity index is 1.80. The fraction of sp³-hybridized carbons (Fsp3) is 0.0588. The standard InChI is InChI=1S/C17H14O2/c18-15-8-6-13(7-9-15)12-16-10-11-17(19-16)14-4-2-1-3-5-14/h1-11,18H,12H2. The topological polar surface area (TPSA) is 33.4 Å². The van der Waals surface area contributed by atoms with Crippen LogP contribution in [0.5, 0.6) is 5.75 Å². The molecule has 0 aliphatic heterocycles. The van der Waals surface area contributed by atoms with E-state index in [1.165, 1.54) is 0 Å². The second-order valence-electron chi connectivity index (χ2n) is 4.48. The molecule has 0 aliphatic rings. The van der Waals surface area contributed by atoms with Crippen LogP contribution in [-0.2, 0) is 6.42 Å². The zero-order valence-electron chi connectivity index (χ0n) is 10.4. The van der Waals surface area contributed by atoms with E-state index in [0.29, 0.717) is 0 Å². The number of rotatable bonds is 3. The molecule has 3 rings (SSSR count). The van der Waals surface area contributed by atoms with E-state index in [1.54, 1.807) is 12.1 Å². The Bertz CT molecular complexity index is 651. The molecule has 1 heterocycles. The van der Waals surface area contributed by atoms with Crippen molar-refractivity contribution in [3.63, 3.8) is 0 Å². The highest BCUT2D eigenvalue weighted by molar-refractivity contribution is 5.57. The molecular weight excluding hydrogens is 236 g/mol. The molecule has 0 unspecified atom stereocenters. The first kappa shape index (κ1) is 11.6. The SMILES string of the molecule is Oc1ccc(Cc2ccc(-c3ccccc3)o2)cc1. The van der Waals surface area contributed by atoms with Crippen molar-refractivity contribution < 1.29 is 9.52 Å². The Morgan fingerprint density at radius 2 is 1.53 bits per heavy atom. The summed E-state index contributed by atoms with van der Waals surface area (Å²) in [7, 11) is 0. The van der Waals surface area contributed by atoms with Crippen LogP contribution in [0, 0.1) is 0 Å². The highest BCUT2D eigenvalue weighted by Crippen LogP contribution is 2.23. The maximum Gasteiger partial charge on any atom is 0.134 e. The largest absolute Gasteiger partial charge is 0.508 e. The predicted molar refractivity (Wildman–Crippen MR) is 75.1 cm³/mol. The summed E-state index contributed by atoms with van der Waals surface area (Å²) < 4.78 is 5.84.